The number of carbonyl (C=O) groups excluding carboxylic acids is 1. The molecule has 7 nitrogen and oxygen atoms in total. The van der Waals surface area contributed by atoms with Gasteiger partial charge in [0.25, 0.3) is 5.56 Å². The van der Waals surface area contributed by atoms with E-state index in [0.29, 0.717) is 5.56 Å². The molecule has 1 N–H and O–H groups in total. The SMILES string of the molecule is CC(=O)O[C@@H]1[C@H](C)[C@@H](C(C)C)O[C@H]1n1cc(C)c(=O)[nH]c1=O. The molecule has 0 unspecified atom stereocenters. The molecule has 0 saturated carbocycles. The van der Waals surface area contributed by atoms with Gasteiger partial charge in [0.15, 0.2) is 12.3 Å². The molecule has 0 spiro atoms. The highest BCUT2D eigenvalue weighted by Gasteiger charge is 2.46. The molecular weight excluding hydrogens is 288 g/mol. The number of hydrogen-bond acceptors (Lipinski definition) is 5. The highest BCUT2D eigenvalue weighted by molar-refractivity contribution is 5.66. The minimum absolute atomic E-state index is 0.0620. The molecule has 2 heterocycles. The van der Waals surface area contributed by atoms with Crippen LogP contribution in [0.25, 0.3) is 0 Å². The number of rotatable bonds is 3. The van der Waals surface area contributed by atoms with Crippen LogP contribution in [0.1, 0.15) is 39.5 Å². The van der Waals surface area contributed by atoms with Crippen molar-refractivity contribution in [3.63, 3.8) is 0 Å². The largest absolute Gasteiger partial charge is 0.457 e. The molecule has 1 aromatic rings. The predicted molar refractivity (Wildman–Crippen MR) is 79.5 cm³/mol. The number of aromatic amines is 1. The molecule has 4 atom stereocenters. The van der Waals surface area contributed by atoms with Gasteiger partial charge in [0.1, 0.15) is 0 Å². The van der Waals surface area contributed by atoms with Crippen molar-refractivity contribution in [1.29, 1.82) is 0 Å². The molecule has 1 aliphatic rings. The molecule has 1 aromatic heterocycles. The second-order valence-electron chi connectivity index (χ2n) is 6.15. The summed E-state index contributed by atoms with van der Waals surface area (Å²) in [4.78, 5) is 37.2. The van der Waals surface area contributed by atoms with Gasteiger partial charge in [-0.2, -0.15) is 0 Å². The lowest BCUT2D eigenvalue weighted by atomic mass is 9.92. The Morgan fingerprint density at radius 2 is 2.05 bits per heavy atom. The van der Waals surface area contributed by atoms with Gasteiger partial charge in [0.05, 0.1) is 6.10 Å². The quantitative estimate of drug-likeness (QED) is 0.840. The van der Waals surface area contributed by atoms with Gasteiger partial charge >= 0.3 is 11.7 Å². The van der Waals surface area contributed by atoms with Gasteiger partial charge < -0.3 is 9.47 Å². The maximum Gasteiger partial charge on any atom is 0.330 e. The van der Waals surface area contributed by atoms with Crippen LogP contribution in [0.15, 0.2) is 15.8 Å². The van der Waals surface area contributed by atoms with Crippen LogP contribution < -0.4 is 11.2 Å². The highest BCUT2D eigenvalue weighted by Crippen LogP contribution is 2.38. The third-order valence-corrected chi connectivity index (χ3v) is 3.99. The number of hydrogen-bond donors (Lipinski definition) is 1. The summed E-state index contributed by atoms with van der Waals surface area (Å²) >= 11 is 0. The molecule has 1 saturated heterocycles. The highest BCUT2D eigenvalue weighted by atomic mass is 16.6. The molecule has 0 radical (unpaired) electrons. The van der Waals surface area contributed by atoms with E-state index in [0.717, 1.165) is 0 Å². The first-order chi connectivity index (χ1) is 10.2. The number of carbonyl (C=O) groups is 1. The van der Waals surface area contributed by atoms with E-state index in [2.05, 4.69) is 4.98 Å². The van der Waals surface area contributed by atoms with E-state index in [9.17, 15) is 14.4 Å². The summed E-state index contributed by atoms with van der Waals surface area (Å²) in [5, 5.41) is 0. The molecular formula is C15H22N2O5. The molecule has 0 bridgehead atoms. The summed E-state index contributed by atoms with van der Waals surface area (Å²) in [6.07, 6.45) is -0.0201. The van der Waals surface area contributed by atoms with Gasteiger partial charge in [0, 0.05) is 24.6 Å². The fourth-order valence-electron chi connectivity index (χ4n) is 2.93. The van der Waals surface area contributed by atoms with Crippen LogP contribution >= 0.6 is 0 Å². The average Bonchev–Trinajstić information content (AvgIpc) is 2.71. The molecule has 0 aliphatic carbocycles. The Kier molecular flexibility index (Phi) is 4.55. The standard InChI is InChI=1S/C15H22N2O5/c1-7(2)11-9(4)12(21-10(5)18)14(22-11)17-6-8(3)13(19)16-15(17)20/h6-7,9,11-12,14H,1-5H3,(H,16,19,20)/t9-,11-,12-,14-/m1/s1. The normalized spacial score (nSPS) is 28.1. The Hall–Kier alpha value is -1.89. The van der Waals surface area contributed by atoms with Crippen molar-refractivity contribution < 1.29 is 14.3 Å². The Labute approximate surface area is 128 Å². The van der Waals surface area contributed by atoms with Crippen molar-refractivity contribution in [3.05, 3.63) is 32.6 Å². The van der Waals surface area contributed by atoms with Gasteiger partial charge in [-0.05, 0) is 12.8 Å². The fraction of sp³-hybridized carbons (Fsp3) is 0.667. The van der Waals surface area contributed by atoms with E-state index < -0.39 is 29.6 Å². The van der Waals surface area contributed by atoms with Gasteiger partial charge in [-0.25, -0.2) is 4.79 Å². The average molecular weight is 310 g/mol. The maximum absolute atomic E-state index is 12.1. The van der Waals surface area contributed by atoms with E-state index in [1.807, 2.05) is 20.8 Å². The number of nitrogens with zero attached hydrogens (tertiary/aromatic N) is 1. The number of ether oxygens (including phenoxy) is 2. The van der Waals surface area contributed by atoms with Gasteiger partial charge in [-0.1, -0.05) is 20.8 Å². The number of esters is 1. The number of aryl methyl sites for hydroxylation is 1. The van der Waals surface area contributed by atoms with Gasteiger partial charge in [-0.15, -0.1) is 0 Å². The van der Waals surface area contributed by atoms with E-state index in [1.54, 1.807) is 6.92 Å². The first kappa shape index (κ1) is 16.5. The molecule has 2 rings (SSSR count). The van der Waals surface area contributed by atoms with Crippen LogP contribution in [0.5, 0.6) is 0 Å². The van der Waals surface area contributed by atoms with Crippen LogP contribution in [-0.4, -0.2) is 27.7 Å². The monoisotopic (exact) mass is 310 g/mol. The van der Waals surface area contributed by atoms with Gasteiger partial charge in [0.2, 0.25) is 0 Å². The van der Waals surface area contributed by atoms with Crippen LogP contribution in [0.4, 0.5) is 0 Å². The lowest BCUT2D eigenvalue weighted by Gasteiger charge is -2.22. The van der Waals surface area contributed by atoms with Crippen LogP contribution in [0, 0.1) is 18.8 Å². The van der Waals surface area contributed by atoms with E-state index >= 15 is 0 Å². The van der Waals surface area contributed by atoms with Crippen molar-refractivity contribution in [3.8, 4) is 0 Å². The molecule has 7 heteroatoms. The first-order valence-electron chi connectivity index (χ1n) is 7.37. The second kappa shape index (κ2) is 6.08. The molecule has 22 heavy (non-hydrogen) atoms. The smallest absolute Gasteiger partial charge is 0.330 e. The van der Waals surface area contributed by atoms with Crippen molar-refractivity contribution in [1.82, 2.24) is 9.55 Å². The van der Waals surface area contributed by atoms with E-state index in [4.69, 9.17) is 9.47 Å². The zero-order valence-corrected chi connectivity index (χ0v) is 13.5. The number of H-pyrrole nitrogens is 1. The van der Waals surface area contributed by atoms with Crippen molar-refractivity contribution >= 4 is 5.97 Å². The zero-order chi connectivity index (χ0) is 16.6. The molecule has 1 fully saturated rings. The van der Waals surface area contributed by atoms with Crippen molar-refractivity contribution in [2.45, 2.75) is 53.1 Å². The summed E-state index contributed by atoms with van der Waals surface area (Å²) in [5.74, 6) is -0.283. The zero-order valence-electron chi connectivity index (χ0n) is 13.5. The second-order valence-corrected chi connectivity index (χ2v) is 6.15. The minimum Gasteiger partial charge on any atom is -0.457 e. The molecule has 1 aliphatic heterocycles. The van der Waals surface area contributed by atoms with E-state index in [-0.39, 0.29) is 17.9 Å². The van der Waals surface area contributed by atoms with Crippen LogP contribution in [-0.2, 0) is 14.3 Å². The molecule has 0 aromatic carbocycles. The summed E-state index contributed by atoms with van der Waals surface area (Å²) in [5.41, 5.74) is -0.614. The minimum atomic E-state index is -0.741. The first-order valence-corrected chi connectivity index (χ1v) is 7.37. The summed E-state index contributed by atoms with van der Waals surface area (Å²) < 4.78 is 12.6. The fourth-order valence-corrected chi connectivity index (χ4v) is 2.93. The molecule has 122 valence electrons. The third kappa shape index (κ3) is 2.99. The summed E-state index contributed by atoms with van der Waals surface area (Å²) in [6.45, 7) is 8.88. The summed E-state index contributed by atoms with van der Waals surface area (Å²) in [6, 6.07) is 0. The predicted octanol–water partition coefficient (Wildman–Crippen LogP) is 0.966. The van der Waals surface area contributed by atoms with Crippen molar-refractivity contribution in [2.24, 2.45) is 11.8 Å². The number of aromatic nitrogens is 2. The Bertz CT molecular complexity index is 675. The third-order valence-electron chi connectivity index (χ3n) is 3.99. The lowest BCUT2D eigenvalue weighted by molar-refractivity contribution is -0.153. The van der Waals surface area contributed by atoms with E-state index in [1.165, 1.54) is 17.7 Å². The van der Waals surface area contributed by atoms with Gasteiger partial charge in [-0.3, -0.25) is 19.1 Å². The number of nitrogens with one attached hydrogen (secondary N) is 1. The van der Waals surface area contributed by atoms with Crippen molar-refractivity contribution in [2.75, 3.05) is 0 Å². The topological polar surface area (TPSA) is 90.4 Å². The Morgan fingerprint density at radius 3 is 2.59 bits per heavy atom. The van der Waals surface area contributed by atoms with Crippen LogP contribution in [0.3, 0.4) is 0 Å². The Balaban J connectivity index is 2.46. The Morgan fingerprint density at radius 1 is 1.41 bits per heavy atom. The van der Waals surface area contributed by atoms with Crippen LogP contribution in [0.2, 0.25) is 0 Å². The lowest BCUT2D eigenvalue weighted by Crippen LogP contribution is -2.38. The summed E-state index contributed by atoms with van der Waals surface area (Å²) in [7, 11) is 0. The molecule has 0 amide bonds. The maximum atomic E-state index is 12.1.